The second kappa shape index (κ2) is 2.94. The molecule has 4 heteroatoms. The second-order valence-electron chi connectivity index (χ2n) is 3.88. The Kier molecular flexibility index (Phi) is 1.70. The van der Waals surface area contributed by atoms with Crippen molar-refractivity contribution in [1.82, 2.24) is 9.55 Å². The largest absolute Gasteiger partial charge is 0.331 e. The van der Waals surface area contributed by atoms with Crippen LogP contribution < -0.4 is 0 Å². The number of aromatic nitrogens is 2. The van der Waals surface area contributed by atoms with Gasteiger partial charge in [0.25, 0.3) is 0 Å². The van der Waals surface area contributed by atoms with E-state index in [0.29, 0.717) is 11.6 Å². The van der Waals surface area contributed by atoms with Crippen LogP contribution in [0.1, 0.15) is 24.4 Å². The number of imidazole rings is 1. The molecule has 1 N–H and O–H groups in total. The van der Waals surface area contributed by atoms with E-state index < -0.39 is 0 Å². The van der Waals surface area contributed by atoms with Crippen molar-refractivity contribution in [2.24, 2.45) is 0 Å². The minimum atomic E-state index is 0.542. The first-order valence-electron chi connectivity index (χ1n) is 4.94. The van der Waals surface area contributed by atoms with Gasteiger partial charge in [0.15, 0.2) is 4.77 Å². The maximum atomic E-state index is 8.85. The molecule has 1 fully saturated rings. The lowest BCUT2D eigenvalue weighted by atomic mass is 10.2. The summed E-state index contributed by atoms with van der Waals surface area (Å²) in [5.41, 5.74) is 2.76. The fourth-order valence-corrected chi connectivity index (χ4v) is 2.24. The van der Waals surface area contributed by atoms with Crippen LogP contribution in [-0.4, -0.2) is 9.55 Å². The average Bonchev–Trinajstić information content (AvgIpc) is 3.00. The highest BCUT2D eigenvalue weighted by Gasteiger charge is 2.25. The van der Waals surface area contributed by atoms with Crippen molar-refractivity contribution in [1.29, 1.82) is 5.26 Å². The number of H-pyrrole nitrogens is 1. The summed E-state index contributed by atoms with van der Waals surface area (Å²) in [4.78, 5) is 3.17. The summed E-state index contributed by atoms with van der Waals surface area (Å²) in [6.45, 7) is 0. The molecule has 0 amide bonds. The Hall–Kier alpha value is -1.60. The normalized spacial score (nSPS) is 15.4. The molecule has 0 spiro atoms. The SMILES string of the molecule is N#Cc1ccc2[nH]c(=S)n(C3CC3)c2c1. The molecule has 0 unspecified atom stereocenters. The standard InChI is InChI=1S/C11H9N3S/c12-6-7-1-4-9-10(5-7)14(8-2-3-8)11(15)13-9/h1,4-5,8H,2-3H2,(H,13,15). The number of hydrogen-bond acceptors (Lipinski definition) is 2. The molecule has 1 heterocycles. The number of fused-ring (bicyclic) bond motifs is 1. The molecule has 1 saturated carbocycles. The van der Waals surface area contributed by atoms with E-state index in [4.69, 9.17) is 17.5 Å². The molecule has 0 saturated heterocycles. The first kappa shape index (κ1) is 8.69. The summed E-state index contributed by atoms with van der Waals surface area (Å²) in [5, 5.41) is 8.85. The highest BCUT2D eigenvalue weighted by atomic mass is 32.1. The van der Waals surface area contributed by atoms with Gasteiger partial charge in [-0.25, -0.2) is 0 Å². The van der Waals surface area contributed by atoms with E-state index in [1.807, 2.05) is 18.2 Å². The molecule has 3 nitrogen and oxygen atoms in total. The summed E-state index contributed by atoms with van der Waals surface area (Å²) in [6.07, 6.45) is 2.39. The third-order valence-electron chi connectivity index (χ3n) is 2.76. The zero-order chi connectivity index (χ0) is 10.4. The van der Waals surface area contributed by atoms with Crippen molar-refractivity contribution in [3.8, 4) is 6.07 Å². The lowest BCUT2D eigenvalue weighted by molar-refractivity contribution is 0.753. The van der Waals surface area contributed by atoms with Crippen LogP contribution in [-0.2, 0) is 0 Å². The Morgan fingerprint density at radius 2 is 2.27 bits per heavy atom. The first-order valence-corrected chi connectivity index (χ1v) is 5.35. The summed E-state index contributed by atoms with van der Waals surface area (Å²) < 4.78 is 2.90. The summed E-state index contributed by atoms with van der Waals surface area (Å²) >= 11 is 5.27. The van der Waals surface area contributed by atoms with Gasteiger partial charge in [-0.15, -0.1) is 0 Å². The number of nitrogens with zero attached hydrogens (tertiary/aromatic N) is 2. The van der Waals surface area contributed by atoms with E-state index in [1.54, 1.807) is 0 Å². The number of aromatic amines is 1. The average molecular weight is 215 g/mol. The van der Waals surface area contributed by atoms with Crippen molar-refractivity contribution in [2.75, 3.05) is 0 Å². The van der Waals surface area contributed by atoms with Crippen molar-refractivity contribution in [3.05, 3.63) is 28.5 Å². The number of nitriles is 1. The molecule has 74 valence electrons. The van der Waals surface area contributed by atoms with Crippen molar-refractivity contribution in [2.45, 2.75) is 18.9 Å². The second-order valence-corrected chi connectivity index (χ2v) is 4.26. The van der Waals surface area contributed by atoms with Crippen LogP contribution in [0.25, 0.3) is 11.0 Å². The van der Waals surface area contributed by atoms with Crippen LogP contribution in [0.3, 0.4) is 0 Å². The van der Waals surface area contributed by atoms with Gasteiger partial charge in [0.2, 0.25) is 0 Å². The van der Waals surface area contributed by atoms with Crippen molar-refractivity contribution < 1.29 is 0 Å². The smallest absolute Gasteiger partial charge is 0.178 e. The maximum Gasteiger partial charge on any atom is 0.178 e. The van der Waals surface area contributed by atoms with Gasteiger partial charge in [0.1, 0.15) is 0 Å². The fourth-order valence-electron chi connectivity index (χ4n) is 1.89. The molecule has 1 aromatic carbocycles. The van der Waals surface area contributed by atoms with E-state index in [0.717, 1.165) is 15.8 Å². The zero-order valence-corrected chi connectivity index (χ0v) is 8.84. The van der Waals surface area contributed by atoms with Gasteiger partial charge in [-0.05, 0) is 43.3 Å². The number of rotatable bonds is 1. The monoisotopic (exact) mass is 215 g/mol. The first-order chi connectivity index (χ1) is 7.29. The molecule has 1 aromatic heterocycles. The molecular formula is C11H9N3S. The lowest BCUT2D eigenvalue weighted by Gasteiger charge is -2.00. The van der Waals surface area contributed by atoms with Gasteiger partial charge in [-0.1, -0.05) is 0 Å². The zero-order valence-electron chi connectivity index (χ0n) is 8.03. The number of benzene rings is 1. The molecule has 3 rings (SSSR count). The van der Waals surface area contributed by atoms with E-state index in [9.17, 15) is 0 Å². The molecule has 0 bridgehead atoms. The van der Waals surface area contributed by atoms with E-state index in [2.05, 4.69) is 15.6 Å². The van der Waals surface area contributed by atoms with Crippen LogP contribution >= 0.6 is 12.2 Å². The van der Waals surface area contributed by atoms with Gasteiger partial charge < -0.3 is 9.55 Å². The minimum absolute atomic E-state index is 0.542. The molecule has 1 aliphatic rings. The van der Waals surface area contributed by atoms with Gasteiger partial charge in [-0.3, -0.25) is 0 Å². The quantitative estimate of drug-likeness (QED) is 0.743. The highest BCUT2D eigenvalue weighted by molar-refractivity contribution is 7.71. The van der Waals surface area contributed by atoms with Gasteiger partial charge in [-0.2, -0.15) is 5.26 Å². The summed E-state index contributed by atoms with van der Waals surface area (Å²) in [6, 6.07) is 8.33. The highest BCUT2D eigenvalue weighted by Crippen LogP contribution is 2.37. The topological polar surface area (TPSA) is 44.5 Å². The van der Waals surface area contributed by atoms with Crippen LogP contribution in [0.4, 0.5) is 0 Å². The molecule has 0 radical (unpaired) electrons. The Bertz CT molecular complexity index is 625. The van der Waals surface area contributed by atoms with Gasteiger partial charge in [0.05, 0.1) is 22.7 Å². The van der Waals surface area contributed by atoms with E-state index in [-0.39, 0.29) is 0 Å². The minimum Gasteiger partial charge on any atom is -0.331 e. The molecule has 15 heavy (non-hydrogen) atoms. The Balaban J connectivity index is 2.37. The van der Waals surface area contributed by atoms with Crippen molar-refractivity contribution >= 4 is 23.3 Å². The molecule has 1 aliphatic carbocycles. The molecule has 0 atom stereocenters. The number of nitrogens with one attached hydrogen (secondary N) is 1. The molecule has 0 aliphatic heterocycles. The summed E-state index contributed by atoms with van der Waals surface area (Å²) in [7, 11) is 0. The Labute approximate surface area is 92.0 Å². The van der Waals surface area contributed by atoms with Crippen molar-refractivity contribution in [3.63, 3.8) is 0 Å². The Morgan fingerprint density at radius 3 is 2.93 bits per heavy atom. The molecule has 2 aromatic rings. The van der Waals surface area contributed by atoms with Crippen LogP contribution in [0.2, 0.25) is 0 Å². The van der Waals surface area contributed by atoms with E-state index in [1.165, 1.54) is 12.8 Å². The Morgan fingerprint density at radius 1 is 1.47 bits per heavy atom. The van der Waals surface area contributed by atoms with Gasteiger partial charge in [0, 0.05) is 6.04 Å². The molecular weight excluding hydrogens is 206 g/mol. The third kappa shape index (κ3) is 1.28. The summed E-state index contributed by atoms with van der Waals surface area (Å²) in [5.74, 6) is 0. The van der Waals surface area contributed by atoms with Crippen LogP contribution in [0, 0.1) is 16.1 Å². The van der Waals surface area contributed by atoms with Gasteiger partial charge >= 0.3 is 0 Å². The predicted octanol–water partition coefficient (Wildman–Crippen LogP) is 2.91. The van der Waals surface area contributed by atoms with E-state index >= 15 is 0 Å². The maximum absolute atomic E-state index is 8.85. The third-order valence-corrected chi connectivity index (χ3v) is 3.06. The van der Waals surface area contributed by atoms with Crippen LogP contribution in [0.15, 0.2) is 18.2 Å². The lowest BCUT2D eigenvalue weighted by Crippen LogP contribution is -1.92. The number of hydrogen-bond donors (Lipinski definition) is 1. The predicted molar refractivity (Wildman–Crippen MR) is 60.1 cm³/mol. The van der Waals surface area contributed by atoms with Crippen LogP contribution in [0.5, 0.6) is 0 Å². The fraction of sp³-hybridized carbons (Fsp3) is 0.273.